The van der Waals surface area contributed by atoms with Gasteiger partial charge in [-0.05, 0) is 0 Å². The minimum Gasteiger partial charge on any atom is -0.396 e. The Bertz CT molecular complexity index is 390. The van der Waals surface area contributed by atoms with Crippen molar-refractivity contribution in [3.05, 3.63) is 10.4 Å². The van der Waals surface area contributed by atoms with Gasteiger partial charge in [0.2, 0.25) is 0 Å². The summed E-state index contributed by atoms with van der Waals surface area (Å²) in [6.07, 6.45) is 0. The van der Waals surface area contributed by atoms with Gasteiger partial charge in [0, 0.05) is 7.05 Å². The Morgan fingerprint density at radius 1 is 1.69 bits per heavy atom. The molecule has 0 fully saturated rings. The van der Waals surface area contributed by atoms with Crippen LogP contribution in [0, 0.1) is 11.3 Å². The number of hydrogen-bond acceptors (Lipinski definition) is 5. The van der Waals surface area contributed by atoms with Crippen LogP contribution in [0.15, 0.2) is 0 Å². The van der Waals surface area contributed by atoms with Gasteiger partial charge in [0.25, 0.3) is 5.91 Å². The summed E-state index contributed by atoms with van der Waals surface area (Å²) >= 11 is 1.09. The molecule has 5 nitrogen and oxygen atoms in total. The van der Waals surface area contributed by atoms with Gasteiger partial charge in [-0.1, -0.05) is 0 Å². The third kappa shape index (κ3) is 1.41. The van der Waals surface area contributed by atoms with Crippen LogP contribution in [0.1, 0.15) is 15.2 Å². The molecule has 0 aliphatic heterocycles. The van der Waals surface area contributed by atoms with E-state index in [9.17, 15) is 4.79 Å². The molecule has 0 saturated heterocycles. The number of anilines is 2. The molecular formula is C7H8N4OS. The van der Waals surface area contributed by atoms with Crippen LogP contribution >= 0.6 is 11.3 Å². The highest BCUT2D eigenvalue weighted by molar-refractivity contribution is 7.18. The number of primary amides is 1. The second kappa shape index (κ2) is 3.33. The van der Waals surface area contributed by atoms with E-state index in [1.54, 1.807) is 7.05 Å². The number of nitriles is 1. The molecule has 0 aromatic carbocycles. The van der Waals surface area contributed by atoms with E-state index in [4.69, 9.17) is 16.7 Å². The van der Waals surface area contributed by atoms with Gasteiger partial charge in [0.1, 0.15) is 21.5 Å². The first-order valence-corrected chi connectivity index (χ1v) is 4.23. The summed E-state index contributed by atoms with van der Waals surface area (Å²) in [5, 5.41) is 12.0. The summed E-state index contributed by atoms with van der Waals surface area (Å²) in [4.78, 5) is 11.1. The average molecular weight is 196 g/mol. The molecule has 0 radical (unpaired) electrons. The van der Waals surface area contributed by atoms with Crippen molar-refractivity contribution in [3.63, 3.8) is 0 Å². The topological polar surface area (TPSA) is 105 Å². The van der Waals surface area contributed by atoms with E-state index in [2.05, 4.69) is 5.32 Å². The van der Waals surface area contributed by atoms with Crippen molar-refractivity contribution in [1.29, 1.82) is 5.26 Å². The summed E-state index contributed by atoms with van der Waals surface area (Å²) in [5.41, 5.74) is 11.0. The van der Waals surface area contributed by atoms with Crippen molar-refractivity contribution in [2.75, 3.05) is 18.1 Å². The molecule has 1 aromatic rings. The number of nitrogens with one attached hydrogen (secondary N) is 1. The van der Waals surface area contributed by atoms with E-state index in [1.165, 1.54) is 0 Å². The summed E-state index contributed by atoms with van der Waals surface area (Å²) in [5.74, 6) is -0.611. The molecule has 68 valence electrons. The Balaban J connectivity index is 3.37. The fraction of sp³-hybridized carbons (Fsp3) is 0.143. The smallest absolute Gasteiger partial charge is 0.261 e. The summed E-state index contributed by atoms with van der Waals surface area (Å²) in [6, 6.07) is 1.91. The van der Waals surface area contributed by atoms with Gasteiger partial charge in [-0.25, -0.2) is 0 Å². The Kier molecular flexibility index (Phi) is 2.39. The van der Waals surface area contributed by atoms with Crippen LogP contribution < -0.4 is 16.8 Å². The maximum Gasteiger partial charge on any atom is 0.261 e. The lowest BCUT2D eigenvalue weighted by Crippen LogP contribution is -2.10. The standard InChI is InChI=1S/C7H8N4OS/c1-11-7-3(2-8)4(9)5(13-7)6(10)12/h11H,9H2,1H3,(H2,10,12). The second-order valence-corrected chi connectivity index (χ2v) is 3.30. The Labute approximate surface area is 79.0 Å². The van der Waals surface area contributed by atoms with Crippen LogP contribution in [0.4, 0.5) is 10.7 Å². The number of amides is 1. The van der Waals surface area contributed by atoms with Gasteiger partial charge in [-0.15, -0.1) is 11.3 Å². The van der Waals surface area contributed by atoms with Crippen molar-refractivity contribution in [2.45, 2.75) is 0 Å². The third-order valence-electron chi connectivity index (χ3n) is 1.51. The summed E-state index contributed by atoms with van der Waals surface area (Å²) in [7, 11) is 1.65. The number of carbonyl (C=O) groups excluding carboxylic acids is 1. The van der Waals surface area contributed by atoms with Crippen molar-refractivity contribution >= 4 is 27.9 Å². The van der Waals surface area contributed by atoms with Gasteiger partial charge >= 0.3 is 0 Å². The highest BCUT2D eigenvalue weighted by atomic mass is 32.1. The molecule has 1 heterocycles. The van der Waals surface area contributed by atoms with Crippen molar-refractivity contribution in [2.24, 2.45) is 5.73 Å². The number of nitrogens with zero attached hydrogens (tertiary/aromatic N) is 1. The van der Waals surface area contributed by atoms with Crippen LogP contribution in [0.2, 0.25) is 0 Å². The number of thiophene rings is 1. The Hall–Kier alpha value is -1.74. The van der Waals surface area contributed by atoms with Crippen LogP contribution in [0.25, 0.3) is 0 Å². The SMILES string of the molecule is CNc1sc(C(N)=O)c(N)c1C#N. The van der Waals surface area contributed by atoms with E-state index >= 15 is 0 Å². The molecule has 6 heteroatoms. The van der Waals surface area contributed by atoms with Crippen molar-refractivity contribution in [1.82, 2.24) is 0 Å². The number of rotatable bonds is 2. The number of nitrogen functional groups attached to an aromatic ring is 1. The zero-order valence-electron chi connectivity index (χ0n) is 6.92. The highest BCUT2D eigenvalue weighted by Gasteiger charge is 2.17. The number of hydrogen-bond donors (Lipinski definition) is 3. The van der Waals surface area contributed by atoms with E-state index in [1.807, 2.05) is 6.07 Å². The quantitative estimate of drug-likeness (QED) is 0.634. The minimum absolute atomic E-state index is 0.157. The van der Waals surface area contributed by atoms with Gasteiger partial charge < -0.3 is 16.8 Å². The van der Waals surface area contributed by atoms with E-state index < -0.39 is 5.91 Å². The normalized spacial score (nSPS) is 9.23. The van der Waals surface area contributed by atoms with E-state index in [0.717, 1.165) is 11.3 Å². The van der Waals surface area contributed by atoms with Crippen molar-refractivity contribution < 1.29 is 4.79 Å². The van der Waals surface area contributed by atoms with Gasteiger partial charge in [-0.2, -0.15) is 5.26 Å². The van der Waals surface area contributed by atoms with Crippen LogP contribution in [0.3, 0.4) is 0 Å². The van der Waals surface area contributed by atoms with Gasteiger partial charge in [0.15, 0.2) is 0 Å². The molecule has 5 N–H and O–H groups in total. The molecule has 13 heavy (non-hydrogen) atoms. The maximum absolute atomic E-state index is 10.8. The fourth-order valence-corrected chi connectivity index (χ4v) is 1.79. The monoisotopic (exact) mass is 196 g/mol. The predicted molar refractivity (Wildman–Crippen MR) is 51.5 cm³/mol. The largest absolute Gasteiger partial charge is 0.396 e. The molecular weight excluding hydrogens is 188 g/mol. The molecule has 1 rings (SSSR count). The Morgan fingerprint density at radius 2 is 2.31 bits per heavy atom. The van der Waals surface area contributed by atoms with Crippen LogP contribution in [0.5, 0.6) is 0 Å². The molecule has 0 saturated carbocycles. The first-order valence-electron chi connectivity index (χ1n) is 3.41. The Morgan fingerprint density at radius 3 is 2.62 bits per heavy atom. The molecule has 0 bridgehead atoms. The first kappa shape index (κ1) is 9.35. The average Bonchev–Trinajstić information content (AvgIpc) is 2.41. The molecule has 1 amide bonds. The highest BCUT2D eigenvalue weighted by Crippen LogP contribution is 2.34. The number of carbonyl (C=O) groups is 1. The lowest BCUT2D eigenvalue weighted by molar-refractivity contribution is 0.100. The second-order valence-electron chi connectivity index (χ2n) is 2.28. The molecule has 0 unspecified atom stereocenters. The van der Waals surface area contributed by atoms with Crippen LogP contribution in [-0.4, -0.2) is 13.0 Å². The zero-order chi connectivity index (χ0) is 10.0. The van der Waals surface area contributed by atoms with Gasteiger partial charge in [-0.3, -0.25) is 4.79 Å². The van der Waals surface area contributed by atoms with Crippen molar-refractivity contribution in [3.8, 4) is 6.07 Å². The van der Waals surface area contributed by atoms with Crippen LogP contribution in [-0.2, 0) is 0 Å². The molecule has 0 aliphatic rings. The van der Waals surface area contributed by atoms with E-state index in [-0.39, 0.29) is 16.1 Å². The fourth-order valence-electron chi connectivity index (χ4n) is 0.914. The first-order chi connectivity index (χ1) is 6.11. The molecule has 1 aromatic heterocycles. The lowest BCUT2D eigenvalue weighted by atomic mass is 10.2. The lowest BCUT2D eigenvalue weighted by Gasteiger charge is -1.92. The number of nitrogens with two attached hydrogens (primary N) is 2. The predicted octanol–water partition coefficient (Wildman–Crippen LogP) is 0.343. The molecule has 0 atom stereocenters. The molecule has 0 spiro atoms. The zero-order valence-corrected chi connectivity index (χ0v) is 7.73. The summed E-state index contributed by atoms with van der Waals surface area (Å²) < 4.78 is 0. The molecule has 0 aliphatic carbocycles. The minimum atomic E-state index is -0.611. The third-order valence-corrected chi connectivity index (χ3v) is 2.75. The van der Waals surface area contributed by atoms with E-state index in [0.29, 0.717) is 5.00 Å². The maximum atomic E-state index is 10.8. The van der Waals surface area contributed by atoms with Gasteiger partial charge in [0.05, 0.1) is 5.69 Å². The summed E-state index contributed by atoms with van der Waals surface area (Å²) in [6.45, 7) is 0.